The van der Waals surface area contributed by atoms with Crippen molar-refractivity contribution < 1.29 is 23.5 Å². The van der Waals surface area contributed by atoms with E-state index in [0.717, 1.165) is 12.8 Å². The van der Waals surface area contributed by atoms with E-state index in [1.54, 1.807) is 0 Å². The third kappa shape index (κ3) is 3.55. The van der Waals surface area contributed by atoms with Crippen molar-refractivity contribution in [3.8, 4) is 0 Å². The average Bonchev–Trinajstić information content (AvgIpc) is 2.43. The lowest BCUT2D eigenvalue weighted by Gasteiger charge is -2.27. The summed E-state index contributed by atoms with van der Waals surface area (Å²) < 4.78 is 26.3. The maximum atomic E-state index is 13.2. The summed E-state index contributed by atoms with van der Waals surface area (Å²) in [6.07, 6.45) is 2.88. The largest absolute Gasteiger partial charge is 0.478 e. The summed E-state index contributed by atoms with van der Waals surface area (Å²) in [7, 11) is 0. The zero-order valence-corrected chi connectivity index (χ0v) is 11.2. The molecule has 1 aromatic carbocycles. The van der Waals surface area contributed by atoms with Crippen molar-refractivity contribution in [3.63, 3.8) is 0 Å². The fraction of sp³-hybridized carbons (Fsp3) is 0.429. The highest BCUT2D eigenvalue weighted by Crippen LogP contribution is 2.19. The standard InChI is InChI=1S/C14H16F2N2O3/c15-11-5-9(10(14(20)21)6-12(11)16)13(19)18-8-3-1-7(17)2-4-8/h5-8H,1-4,17H2,(H,18,19)(H,20,21). The van der Waals surface area contributed by atoms with Crippen molar-refractivity contribution in [2.24, 2.45) is 5.73 Å². The number of hydrogen-bond donors (Lipinski definition) is 3. The van der Waals surface area contributed by atoms with E-state index in [9.17, 15) is 18.4 Å². The summed E-state index contributed by atoms with van der Waals surface area (Å²) >= 11 is 0. The molecule has 1 aliphatic carbocycles. The molecule has 0 unspecified atom stereocenters. The first-order chi connectivity index (χ1) is 9.88. The molecule has 114 valence electrons. The zero-order valence-electron chi connectivity index (χ0n) is 11.2. The van der Waals surface area contributed by atoms with Crippen LogP contribution < -0.4 is 11.1 Å². The van der Waals surface area contributed by atoms with E-state index in [4.69, 9.17) is 10.8 Å². The van der Waals surface area contributed by atoms with Gasteiger partial charge in [0, 0.05) is 12.1 Å². The number of rotatable bonds is 3. The third-order valence-electron chi connectivity index (χ3n) is 3.64. The van der Waals surface area contributed by atoms with Crippen LogP contribution in [0.5, 0.6) is 0 Å². The van der Waals surface area contributed by atoms with Crippen molar-refractivity contribution in [2.45, 2.75) is 37.8 Å². The molecule has 0 radical (unpaired) electrons. The first kappa shape index (κ1) is 15.4. The van der Waals surface area contributed by atoms with Gasteiger partial charge in [0.2, 0.25) is 0 Å². The number of halogens is 2. The van der Waals surface area contributed by atoms with E-state index in [1.165, 1.54) is 0 Å². The first-order valence-electron chi connectivity index (χ1n) is 6.67. The molecule has 2 rings (SSSR count). The topological polar surface area (TPSA) is 92.4 Å². The van der Waals surface area contributed by atoms with Gasteiger partial charge in [-0.2, -0.15) is 0 Å². The average molecular weight is 298 g/mol. The summed E-state index contributed by atoms with van der Waals surface area (Å²) in [5, 5.41) is 11.6. The minimum Gasteiger partial charge on any atom is -0.478 e. The molecule has 5 nitrogen and oxygen atoms in total. The molecule has 1 aliphatic rings. The van der Waals surface area contributed by atoms with Crippen molar-refractivity contribution in [3.05, 3.63) is 34.9 Å². The van der Waals surface area contributed by atoms with Crippen LogP contribution in [0.2, 0.25) is 0 Å². The van der Waals surface area contributed by atoms with E-state index in [-0.39, 0.29) is 17.6 Å². The number of amides is 1. The molecule has 1 amide bonds. The lowest BCUT2D eigenvalue weighted by molar-refractivity contribution is 0.0689. The van der Waals surface area contributed by atoms with E-state index in [1.807, 2.05) is 0 Å². The van der Waals surface area contributed by atoms with Crippen LogP contribution in [-0.2, 0) is 0 Å². The minimum atomic E-state index is -1.48. The Kier molecular flexibility index (Phi) is 4.52. The van der Waals surface area contributed by atoms with Gasteiger partial charge in [-0.25, -0.2) is 13.6 Å². The predicted octanol–water partition coefficient (Wildman–Crippen LogP) is 1.66. The Labute approximate surface area is 120 Å². The van der Waals surface area contributed by atoms with Gasteiger partial charge in [-0.3, -0.25) is 4.79 Å². The summed E-state index contributed by atoms with van der Waals surface area (Å²) in [4.78, 5) is 23.1. The summed E-state index contributed by atoms with van der Waals surface area (Å²) in [5.74, 6) is -4.75. The Bertz CT molecular complexity index is 570. The van der Waals surface area contributed by atoms with Gasteiger partial charge in [-0.05, 0) is 37.8 Å². The van der Waals surface area contributed by atoms with Crippen molar-refractivity contribution in [2.75, 3.05) is 0 Å². The number of hydrogen-bond acceptors (Lipinski definition) is 3. The molecule has 0 aliphatic heterocycles. The monoisotopic (exact) mass is 298 g/mol. The van der Waals surface area contributed by atoms with Crippen LogP contribution in [0, 0.1) is 11.6 Å². The number of carboxylic acid groups (broad SMARTS) is 1. The molecule has 0 heterocycles. The maximum absolute atomic E-state index is 13.2. The lowest BCUT2D eigenvalue weighted by Crippen LogP contribution is -2.40. The fourth-order valence-corrected chi connectivity index (χ4v) is 2.44. The molecule has 4 N–H and O–H groups in total. The highest BCUT2D eigenvalue weighted by atomic mass is 19.2. The second-order valence-electron chi connectivity index (χ2n) is 5.20. The van der Waals surface area contributed by atoms with Crippen LogP contribution in [-0.4, -0.2) is 29.1 Å². The lowest BCUT2D eigenvalue weighted by atomic mass is 9.91. The van der Waals surface area contributed by atoms with Gasteiger partial charge >= 0.3 is 5.97 Å². The van der Waals surface area contributed by atoms with Gasteiger partial charge in [0.1, 0.15) is 0 Å². The Balaban J connectivity index is 2.18. The van der Waals surface area contributed by atoms with Crippen LogP contribution in [0.1, 0.15) is 46.4 Å². The number of benzene rings is 1. The normalized spacial score (nSPS) is 21.9. The molecule has 1 aromatic rings. The zero-order chi connectivity index (χ0) is 15.6. The van der Waals surface area contributed by atoms with Gasteiger partial charge < -0.3 is 16.2 Å². The molecular formula is C14H16F2N2O3. The van der Waals surface area contributed by atoms with Crippen molar-refractivity contribution >= 4 is 11.9 Å². The third-order valence-corrected chi connectivity index (χ3v) is 3.64. The van der Waals surface area contributed by atoms with Crippen LogP contribution in [0.15, 0.2) is 12.1 Å². The number of nitrogens with two attached hydrogens (primary N) is 1. The highest BCUT2D eigenvalue weighted by Gasteiger charge is 2.24. The number of carbonyl (C=O) groups excluding carboxylic acids is 1. The molecule has 1 saturated carbocycles. The molecule has 1 fully saturated rings. The summed E-state index contributed by atoms with van der Waals surface area (Å²) in [5.41, 5.74) is 4.82. The van der Waals surface area contributed by atoms with Crippen LogP contribution in [0.25, 0.3) is 0 Å². The Morgan fingerprint density at radius 2 is 1.62 bits per heavy atom. The smallest absolute Gasteiger partial charge is 0.336 e. The highest BCUT2D eigenvalue weighted by molar-refractivity contribution is 6.04. The van der Waals surface area contributed by atoms with Crippen LogP contribution >= 0.6 is 0 Å². The minimum absolute atomic E-state index is 0.107. The number of carboxylic acids is 1. The van der Waals surface area contributed by atoms with Crippen molar-refractivity contribution in [1.82, 2.24) is 5.32 Å². The second-order valence-corrected chi connectivity index (χ2v) is 5.20. The van der Waals surface area contributed by atoms with Gasteiger partial charge in [0.15, 0.2) is 11.6 Å². The van der Waals surface area contributed by atoms with E-state index in [2.05, 4.69) is 5.32 Å². The molecule has 7 heteroatoms. The number of nitrogens with one attached hydrogen (secondary N) is 1. The van der Waals surface area contributed by atoms with Crippen molar-refractivity contribution in [1.29, 1.82) is 0 Å². The van der Waals surface area contributed by atoms with Gasteiger partial charge in [-0.1, -0.05) is 0 Å². The van der Waals surface area contributed by atoms with Crippen LogP contribution in [0.4, 0.5) is 8.78 Å². The van der Waals surface area contributed by atoms with Crippen LogP contribution in [0.3, 0.4) is 0 Å². The molecule has 0 saturated heterocycles. The number of aromatic carboxylic acids is 1. The van der Waals surface area contributed by atoms with E-state index < -0.39 is 29.1 Å². The second kappa shape index (κ2) is 6.17. The predicted molar refractivity (Wildman–Crippen MR) is 71.0 cm³/mol. The molecule has 0 aromatic heterocycles. The summed E-state index contributed by atoms with van der Waals surface area (Å²) in [6, 6.07) is 1.11. The molecular weight excluding hydrogens is 282 g/mol. The SMILES string of the molecule is NC1CCC(NC(=O)c2cc(F)c(F)cc2C(=O)O)CC1. The van der Waals surface area contributed by atoms with Gasteiger partial charge in [0.05, 0.1) is 11.1 Å². The van der Waals surface area contributed by atoms with Gasteiger partial charge in [-0.15, -0.1) is 0 Å². The molecule has 0 atom stereocenters. The number of carbonyl (C=O) groups is 2. The molecule has 0 spiro atoms. The Morgan fingerprint density at radius 1 is 1.10 bits per heavy atom. The maximum Gasteiger partial charge on any atom is 0.336 e. The summed E-state index contributed by atoms with van der Waals surface area (Å²) in [6.45, 7) is 0. The molecule has 0 bridgehead atoms. The van der Waals surface area contributed by atoms with E-state index in [0.29, 0.717) is 25.0 Å². The Morgan fingerprint density at radius 3 is 2.14 bits per heavy atom. The quantitative estimate of drug-likeness (QED) is 0.791. The van der Waals surface area contributed by atoms with Gasteiger partial charge in [0.25, 0.3) is 5.91 Å². The molecule has 21 heavy (non-hydrogen) atoms. The Hall–Kier alpha value is -2.02. The first-order valence-corrected chi connectivity index (χ1v) is 6.67. The fourth-order valence-electron chi connectivity index (χ4n) is 2.44. The van der Waals surface area contributed by atoms with E-state index >= 15 is 0 Å².